The van der Waals surface area contributed by atoms with Crippen LogP contribution in [0.5, 0.6) is 0 Å². The Bertz CT molecular complexity index is 1270. The maximum absolute atomic E-state index is 13.4. The summed E-state index contributed by atoms with van der Waals surface area (Å²) in [7, 11) is 0. The predicted octanol–water partition coefficient (Wildman–Crippen LogP) is 3.14. The number of benzene rings is 1. The molecular weight excluding hydrogens is 425 g/mol. The Balaban J connectivity index is 1.74. The van der Waals surface area contributed by atoms with Crippen LogP contribution in [-0.2, 0) is 6.18 Å². The molecule has 3 heterocycles. The second-order valence-electron chi connectivity index (χ2n) is 6.25. The van der Waals surface area contributed by atoms with Gasteiger partial charge in [-0.1, -0.05) is 11.6 Å². The lowest BCUT2D eigenvalue weighted by Gasteiger charge is -2.17. The zero-order valence-electron chi connectivity index (χ0n) is 15.1. The Morgan fingerprint density at radius 2 is 1.97 bits per heavy atom. The van der Waals surface area contributed by atoms with Crippen LogP contribution in [0.1, 0.15) is 24.4 Å². The average Bonchev–Trinajstić information content (AvgIpc) is 3.18. The summed E-state index contributed by atoms with van der Waals surface area (Å²) in [5.74, 6) is 0.842. The van der Waals surface area contributed by atoms with Crippen molar-refractivity contribution in [3.8, 4) is 5.82 Å². The third kappa shape index (κ3) is 3.68. The van der Waals surface area contributed by atoms with Crippen molar-refractivity contribution in [3.63, 3.8) is 0 Å². The molecule has 3 aromatic heterocycles. The molecule has 13 heteroatoms. The van der Waals surface area contributed by atoms with Gasteiger partial charge in [-0.3, -0.25) is 4.79 Å². The number of nitrogens with zero attached hydrogens (tertiary/aromatic N) is 6. The first-order chi connectivity index (χ1) is 14.2. The normalized spacial score (nSPS) is 12.8. The molecule has 4 rings (SSSR count). The summed E-state index contributed by atoms with van der Waals surface area (Å²) in [5.41, 5.74) is -1.61. The Hall–Kier alpha value is -3.54. The first kappa shape index (κ1) is 19.8. The third-order valence-corrected chi connectivity index (χ3v) is 4.42. The smallest absolute Gasteiger partial charge is 0.360 e. The van der Waals surface area contributed by atoms with E-state index < -0.39 is 17.8 Å². The molecule has 0 saturated heterocycles. The van der Waals surface area contributed by atoms with E-state index in [1.165, 1.54) is 29.2 Å². The van der Waals surface area contributed by atoms with Crippen LogP contribution in [0.15, 0.2) is 41.7 Å². The standard InChI is InChI=1S/C17H12ClF3N8O/c1-8(16-24-7-25-29(16)12-2-3-13(30)28-27-12)26-15-10-4-9(18)5-11(17(19,20)21)14(10)22-6-23-15/h2-8H,1H3,(H,28,30)(H,22,23,26)/t8-/m0/s1. The van der Waals surface area contributed by atoms with E-state index in [9.17, 15) is 18.0 Å². The van der Waals surface area contributed by atoms with Crippen LogP contribution in [-0.4, -0.2) is 34.9 Å². The van der Waals surface area contributed by atoms with Gasteiger partial charge in [0.05, 0.1) is 17.1 Å². The van der Waals surface area contributed by atoms with Crippen LogP contribution in [0, 0.1) is 0 Å². The maximum atomic E-state index is 13.4. The maximum Gasteiger partial charge on any atom is 0.418 e. The molecule has 2 N–H and O–H groups in total. The Kier molecular flexibility index (Phi) is 4.86. The molecule has 0 fully saturated rings. The molecule has 4 aromatic rings. The van der Waals surface area contributed by atoms with Crippen molar-refractivity contribution < 1.29 is 13.2 Å². The summed E-state index contributed by atoms with van der Waals surface area (Å²) in [5, 5.41) is 13.3. The van der Waals surface area contributed by atoms with Crippen LogP contribution < -0.4 is 10.9 Å². The molecule has 0 radical (unpaired) electrons. The van der Waals surface area contributed by atoms with Crippen LogP contribution in [0.2, 0.25) is 5.02 Å². The molecule has 0 aliphatic rings. The van der Waals surface area contributed by atoms with Gasteiger partial charge in [0.15, 0.2) is 11.6 Å². The molecule has 0 amide bonds. The van der Waals surface area contributed by atoms with Gasteiger partial charge in [0.1, 0.15) is 18.5 Å². The van der Waals surface area contributed by atoms with Crippen LogP contribution in [0.4, 0.5) is 19.0 Å². The molecule has 0 unspecified atom stereocenters. The van der Waals surface area contributed by atoms with E-state index in [0.717, 1.165) is 12.4 Å². The van der Waals surface area contributed by atoms with Crippen molar-refractivity contribution in [2.45, 2.75) is 19.1 Å². The zero-order chi connectivity index (χ0) is 21.5. The molecule has 1 aromatic carbocycles. The lowest BCUT2D eigenvalue weighted by atomic mass is 10.1. The second-order valence-corrected chi connectivity index (χ2v) is 6.68. The van der Waals surface area contributed by atoms with Crippen molar-refractivity contribution in [2.24, 2.45) is 0 Å². The number of anilines is 1. The quantitative estimate of drug-likeness (QED) is 0.505. The fourth-order valence-corrected chi connectivity index (χ4v) is 3.13. The van der Waals surface area contributed by atoms with Crippen LogP contribution >= 0.6 is 11.6 Å². The van der Waals surface area contributed by atoms with Gasteiger partial charge in [-0.2, -0.15) is 28.1 Å². The van der Waals surface area contributed by atoms with Gasteiger partial charge in [-0.15, -0.1) is 0 Å². The van der Waals surface area contributed by atoms with E-state index in [0.29, 0.717) is 11.6 Å². The summed E-state index contributed by atoms with van der Waals surface area (Å²) in [6.07, 6.45) is -2.30. The van der Waals surface area contributed by atoms with Gasteiger partial charge >= 0.3 is 6.18 Å². The van der Waals surface area contributed by atoms with Gasteiger partial charge in [0.2, 0.25) is 0 Å². The van der Waals surface area contributed by atoms with Crippen LogP contribution in [0.3, 0.4) is 0 Å². The summed E-state index contributed by atoms with van der Waals surface area (Å²) >= 11 is 5.91. The van der Waals surface area contributed by atoms with E-state index >= 15 is 0 Å². The van der Waals surface area contributed by atoms with Gasteiger partial charge in [-0.25, -0.2) is 20.1 Å². The van der Waals surface area contributed by atoms with E-state index in [1.807, 2.05) is 0 Å². The second kappa shape index (κ2) is 7.37. The molecule has 154 valence electrons. The largest absolute Gasteiger partial charge is 0.418 e. The number of nitrogens with one attached hydrogen (secondary N) is 2. The number of hydrogen-bond acceptors (Lipinski definition) is 7. The third-order valence-electron chi connectivity index (χ3n) is 4.20. The minimum Gasteiger partial charge on any atom is -0.360 e. The molecule has 1 atom stereocenters. The van der Waals surface area contributed by atoms with E-state index in [-0.39, 0.29) is 27.3 Å². The van der Waals surface area contributed by atoms with E-state index in [2.05, 4.69) is 35.6 Å². The fraction of sp³-hybridized carbons (Fsp3) is 0.176. The zero-order valence-corrected chi connectivity index (χ0v) is 15.9. The van der Waals surface area contributed by atoms with Crippen molar-refractivity contribution in [3.05, 3.63) is 63.7 Å². The number of aromatic amines is 1. The number of fused-ring (bicyclic) bond motifs is 1. The lowest BCUT2D eigenvalue weighted by Crippen LogP contribution is -2.17. The Morgan fingerprint density at radius 1 is 1.17 bits per heavy atom. The number of alkyl halides is 3. The molecule has 0 spiro atoms. The molecule has 0 aliphatic heterocycles. The van der Waals surface area contributed by atoms with Gasteiger partial charge in [-0.05, 0) is 25.1 Å². The highest BCUT2D eigenvalue weighted by Gasteiger charge is 2.34. The number of H-pyrrole nitrogens is 1. The Morgan fingerprint density at radius 3 is 2.67 bits per heavy atom. The summed E-state index contributed by atoms with van der Waals surface area (Å²) in [6, 6.07) is 4.37. The molecule has 0 bridgehead atoms. The highest BCUT2D eigenvalue weighted by atomic mass is 35.5. The first-order valence-corrected chi connectivity index (χ1v) is 8.86. The minimum atomic E-state index is -4.63. The molecule has 9 nitrogen and oxygen atoms in total. The van der Waals surface area contributed by atoms with Crippen molar-refractivity contribution in [1.82, 2.24) is 34.9 Å². The molecular formula is C17H12ClF3N8O. The highest BCUT2D eigenvalue weighted by Crippen LogP contribution is 2.37. The predicted molar refractivity (Wildman–Crippen MR) is 101 cm³/mol. The monoisotopic (exact) mass is 436 g/mol. The number of aromatic nitrogens is 7. The molecule has 30 heavy (non-hydrogen) atoms. The summed E-state index contributed by atoms with van der Waals surface area (Å²) in [6.45, 7) is 1.72. The first-order valence-electron chi connectivity index (χ1n) is 8.48. The highest BCUT2D eigenvalue weighted by molar-refractivity contribution is 6.31. The molecule has 0 saturated carbocycles. The van der Waals surface area contributed by atoms with E-state index in [4.69, 9.17) is 11.6 Å². The lowest BCUT2D eigenvalue weighted by molar-refractivity contribution is -0.136. The molecule has 0 aliphatic carbocycles. The van der Waals surface area contributed by atoms with Crippen molar-refractivity contribution in [2.75, 3.05) is 5.32 Å². The number of halogens is 4. The SMILES string of the molecule is C[C@H](Nc1ncnc2c(C(F)(F)F)cc(Cl)cc12)c1ncnn1-c1ccc(=O)[nH]n1. The van der Waals surface area contributed by atoms with E-state index in [1.54, 1.807) is 6.92 Å². The number of hydrogen-bond donors (Lipinski definition) is 2. The van der Waals surface area contributed by atoms with Gasteiger partial charge < -0.3 is 5.32 Å². The number of rotatable bonds is 4. The van der Waals surface area contributed by atoms with Gasteiger partial charge in [0.25, 0.3) is 5.56 Å². The Labute approximate surface area is 171 Å². The van der Waals surface area contributed by atoms with Crippen LogP contribution in [0.25, 0.3) is 16.7 Å². The fourth-order valence-electron chi connectivity index (χ4n) is 2.91. The van der Waals surface area contributed by atoms with Crippen molar-refractivity contribution in [1.29, 1.82) is 0 Å². The summed E-state index contributed by atoms with van der Waals surface area (Å²) < 4.78 is 41.6. The average molecular weight is 437 g/mol. The summed E-state index contributed by atoms with van der Waals surface area (Å²) in [4.78, 5) is 23.2. The minimum absolute atomic E-state index is 0.0964. The van der Waals surface area contributed by atoms with Crippen molar-refractivity contribution >= 4 is 28.3 Å². The topological polar surface area (TPSA) is 114 Å². The van der Waals surface area contributed by atoms with Gasteiger partial charge in [0, 0.05) is 16.5 Å².